The van der Waals surface area contributed by atoms with Crippen LogP contribution in [0.25, 0.3) is 76.5 Å². The molecule has 0 atom stereocenters. The molecule has 1 aliphatic carbocycles. The normalized spacial score (nSPS) is 13.2. The molecule has 0 amide bonds. The summed E-state index contributed by atoms with van der Waals surface area (Å²) < 4.78 is 6.58. The van der Waals surface area contributed by atoms with Crippen molar-refractivity contribution in [3.63, 3.8) is 0 Å². The monoisotopic (exact) mass is 677 g/mol. The third kappa shape index (κ3) is 4.39. The van der Waals surface area contributed by atoms with Gasteiger partial charge in [0, 0.05) is 33.2 Å². The van der Waals surface area contributed by atoms with Gasteiger partial charge in [0.05, 0.1) is 0 Å². The highest BCUT2D eigenvalue weighted by Gasteiger charge is 2.37. The van der Waals surface area contributed by atoms with Crippen molar-refractivity contribution < 1.29 is 4.42 Å². The summed E-state index contributed by atoms with van der Waals surface area (Å²) in [4.78, 5) is 2.39. The van der Waals surface area contributed by atoms with Crippen LogP contribution < -0.4 is 4.90 Å². The van der Waals surface area contributed by atoms with E-state index in [2.05, 4.69) is 195 Å². The van der Waals surface area contributed by atoms with E-state index in [-0.39, 0.29) is 5.41 Å². The van der Waals surface area contributed by atoms with Gasteiger partial charge in [-0.2, -0.15) is 0 Å². The van der Waals surface area contributed by atoms with Crippen LogP contribution >= 0.6 is 0 Å². The van der Waals surface area contributed by atoms with Crippen molar-refractivity contribution in [1.82, 2.24) is 0 Å². The molecule has 0 unspecified atom stereocenters. The molecule has 0 fully saturated rings. The number of furan rings is 1. The number of hydrogen-bond donors (Lipinski definition) is 0. The predicted molar refractivity (Wildman–Crippen MR) is 224 cm³/mol. The summed E-state index contributed by atoms with van der Waals surface area (Å²) in [6, 6.07) is 64.1. The molecule has 9 aromatic carbocycles. The van der Waals surface area contributed by atoms with E-state index in [4.69, 9.17) is 4.42 Å². The number of fused-ring (bicyclic) bond motifs is 11. The number of benzene rings is 9. The highest BCUT2D eigenvalue weighted by atomic mass is 16.3. The standard InChI is InChI=1S/C51H35NO/c1-51(2)45-28-23-33-13-7-9-17-38(33)49(45)43-27-24-36(31-46(43)51)52(34-14-4-3-5-15-34)35-25-29-47-44(30-35)50-42(20-11-21-48(50)53-47)40-19-10-18-39-37-16-8-6-12-32(37)22-26-41(39)40/h3-31H,1-2H3. The Hall–Kier alpha value is -6.64. The van der Waals surface area contributed by atoms with Crippen molar-refractivity contribution in [3.05, 3.63) is 187 Å². The Bertz CT molecular complexity index is 3090. The first kappa shape index (κ1) is 30.0. The van der Waals surface area contributed by atoms with Gasteiger partial charge < -0.3 is 9.32 Å². The first-order chi connectivity index (χ1) is 26.0. The summed E-state index contributed by atoms with van der Waals surface area (Å²) in [6.45, 7) is 4.73. The minimum absolute atomic E-state index is 0.142. The molecule has 1 aliphatic rings. The third-order valence-electron chi connectivity index (χ3n) is 11.6. The topological polar surface area (TPSA) is 16.4 Å². The number of rotatable bonds is 4. The molecule has 0 saturated carbocycles. The first-order valence-electron chi connectivity index (χ1n) is 18.4. The zero-order valence-electron chi connectivity index (χ0n) is 29.6. The van der Waals surface area contributed by atoms with Crippen LogP contribution in [0.3, 0.4) is 0 Å². The molecule has 0 spiro atoms. The second-order valence-electron chi connectivity index (χ2n) is 14.9. The lowest BCUT2D eigenvalue weighted by atomic mass is 9.82. The average Bonchev–Trinajstić information content (AvgIpc) is 3.69. The van der Waals surface area contributed by atoms with Gasteiger partial charge in [0.25, 0.3) is 0 Å². The number of hydrogen-bond acceptors (Lipinski definition) is 2. The van der Waals surface area contributed by atoms with Crippen LogP contribution in [-0.2, 0) is 5.41 Å². The van der Waals surface area contributed by atoms with E-state index in [1.165, 1.54) is 65.7 Å². The summed E-state index contributed by atoms with van der Waals surface area (Å²) >= 11 is 0. The molecule has 0 N–H and O–H groups in total. The molecule has 2 heteroatoms. The number of para-hydroxylation sites is 1. The summed E-state index contributed by atoms with van der Waals surface area (Å²) in [5.74, 6) is 0. The molecule has 11 rings (SSSR count). The van der Waals surface area contributed by atoms with Crippen molar-refractivity contribution in [1.29, 1.82) is 0 Å². The predicted octanol–water partition coefficient (Wildman–Crippen LogP) is 14.5. The Morgan fingerprint density at radius 1 is 0.396 bits per heavy atom. The van der Waals surface area contributed by atoms with Crippen LogP contribution in [0.2, 0.25) is 0 Å². The minimum Gasteiger partial charge on any atom is -0.456 e. The summed E-state index contributed by atoms with van der Waals surface area (Å²) in [5.41, 5.74) is 12.8. The highest BCUT2D eigenvalue weighted by Crippen LogP contribution is 2.53. The number of anilines is 3. The summed E-state index contributed by atoms with van der Waals surface area (Å²) in [5, 5.41) is 9.86. The fourth-order valence-electron chi connectivity index (χ4n) is 9.11. The Morgan fingerprint density at radius 2 is 1.08 bits per heavy atom. The average molecular weight is 678 g/mol. The molecule has 1 heterocycles. The van der Waals surface area contributed by atoms with Gasteiger partial charge in [-0.1, -0.05) is 141 Å². The maximum atomic E-state index is 6.58. The van der Waals surface area contributed by atoms with E-state index in [0.717, 1.165) is 39.0 Å². The Morgan fingerprint density at radius 3 is 1.94 bits per heavy atom. The fourth-order valence-corrected chi connectivity index (χ4v) is 9.11. The molecule has 0 aliphatic heterocycles. The molecule has 0 radical (unpaired) electrons. The van der Waals surface area contributed by atoms with Crippen molar-refractivity contribution in [2.24, 2.45) is 0 Å². The van der Waals surface area contributed by atoms with Gasteiger partial charge in [0.1, 0.15) is 11.2 Å². The van der Waals surface area contributed by atoms with E-state index < -0.39 is 0 Å². The van der Waals surface area contributed by atoms with Crippen molar-refractivity contribution >= 4 is 71.3 Å². The Balaban J connectivity index is 1.12. The second kappa shape index (κ2) is 11.2. The van der Waals surface area contributed by atoms with Gasteiger partial charge in [-0.25, -0.2) is 0 Å². The van der Waals surface area contributed by atoms with Crippen LogP contribution in [0.4, 0.5) is 17.1 Å². The molecular formula is C51H35NO. The van der Waals surface area contributed by atoms with Crippen LogP contribution in [-0.4, -0.2) is 0 Å². The Labute approximate surface area is 308 Å². The third-order valence-corrected chi connectivity index (χ3v) is 11.6. The summed E-state index contributed by atoms with van der Waals surface area (Å²) in [6.07, 6.45) is 0. The quantitative estimate of drug-likeness (QED) is 0.172. The van der Waals surface area contributed by atoms with Crippen LogP contribution in [0, 0.1) is 0 Å². The van der Waals surface area contributed by atoms with Crippen LogP contribution in [0.15, 0.2) is 180 Å². The molecule has 0 bridgehead atoms. The highest BCUT2D eigenvalue weighted by molar-refractivity contribution is 6.19. The maximum absolute atomic E-state index is 6.58. The van der Waals surface area contributed by atoms with Gasteiger partial charge in [-0.3, -0.25) is 0 Å². The molecular weight excluding hydrogens is 643 g/mol. The second-order valence-corrected chi connectivity index (χ2v) is 14.9. The van der Waals surface area contributed by atoms with Crippen molar-refractivity contribution in [2.75, 3.05) is 4.90 Å². The zero-order valence-corrected chi connectivity index (χ0v) is 29.6. The lowest BCUT2D eigenvalue weighted by Gasteiger charge is -2.28. The van der Waals surface area contributed by atoms with E-state index in [9.17, 15) is 0 Å². The van der Waals surface area contributed by atoms with Gasteiger partial charge in [0.15, 0.2) is 0 Å². The molecule has 250 valence electrons. The van der Waals surface area contributed by atoms with Crippen LogP contribution in [0.1, 0.15) is 25.0 Å². The van der Waals surface area contributed by atoms with Crippen molar-refractivity contribution in [3.8, 4) is 22.3 Å². The first-order valence-corrected chi connectivity index (χ1v) is 18.4. The van der Waals surface area contributed by atoms with Gasteiger partial charge in [0.2, 0.25) is 0 Å². The van der Waals surface area contributed by atoms with Gasteiger partial charge >= 0.3 is 0 Å². The SMILES string of the molecule is CC1(C)c2cc(N(c3ccccc3)c3ccc4oc5cccc(-c6cccc7c6ccc6ccccc67)c5c4c3)ccc2-c2c1ccc1ccccc21. The van der Waals surface area contributed by atoms with E-state index in [1.807, 2.05) is 0 Å². The van der Waals surface area contributed by atoms with Crippen molar-refractivity contribution in [2.45, 2.75) is 19.3 Å². The minimum atomic E-state index is -0.142. The summed E-state index contributed by atoms with van der Waals surface area (Å²) in [7, 11) is 0. The maximum Gasteiger partial charge on any atom is 0.136 e. The van der Waals surface area contributed by atoms with E-state index in [1.54, 1.807) is 0 Å². The van der Waals surface area contributed by atoms with E-state index >= 15 is 0 Å². The smallest absolute Gasteiger partial charge is 0.136 e. The molecule has 53 heavy (non-hydrogen) atoms. The largest absolute Gasteiger partial charge is 0.456 e. The lowest BCUT2D eigenvalue weighted by Crippen LogP contribution is -2.16. The molecule has 2 nitrogen and oxygen atoms in total. The van der Waals surface area contributed by atoms with Crippen LogP contribution in [0.5, 0.6) is 0 Å². The molecule has 1 aromatic heterocycles. The van der Waals surface area contributed by atoms with Gasteiger partial charge in [-0.05, 0) is 114 Å². The lowest BCUT2D eigenvalue weighted by molar-refractivity contribution is 0.661. The molecule has 10 aromatic rings. The van der Waals surface area contributed by atoms with Gasteiger partial charge in [-0.15, -0.1) is 0 Å². The zero-order chi connectivity index (χ0) is 35.3. The number of nitrogens with zero attached hydrogens (tertiary/aromatic N) is 1. The fraction of sp³-hybridized carbons (Fsp3) is 0.0588. The molecule has 0 saturated heterocycles. The Kier molecular flexibility index (Phi) is 6.33. The van der Waals surface area contributed by atoms with E-state index in [0.29, 0.717) is 0 Å².